The highest BCUT2D eigenvalue weighted by Gasteiger charge is 2.16. The van der Waals surface area contributed by atoms with E-state index in [4.69, 9.17) is 27.6 Å². The van der Waals surface area contributed by atoms with E-state index in [0.29, 0.717) is 44.2 Å². The fraction of sp³-hybridized carbons (Fsp3) is 0.0800. The molecule has 0 saturated carbocycles. The molecule has 0 unspecified atom stereocenters. The maximum Gasteiger partial charge on any atom is 0.264 e. The van der Waals surface area contributed by atoms with Crippen LogP contribution in [0.3, 0.4) is 0 Å². The van der Waals surface area contributed by atoms with Gasteiger partial charge in [-0.1, -0.05) is 29.3 Å². The number of hydrogen-bond acceptors (Lipinski definition) is 6. The molecular formula is C25H20Cl2N4O4S. The van der Waals surface area contributed by atoms with Crippen LogP contribution >= 0.6 is 23.2 Å². The first-order valence-corrected chi connectivity index (χ1v) is 12.8. The minimum absolute atomic E-state index is 0.00147. The van der Waals surface area contributed by atoms with Crippen molar-refractivity contribution in [3.63, 3.8) is 0 Å². The Labute approximate surface area is 218 Å². The SMILES string of the molecule is Cc1cc(C)nc(NS(=O)(=O)c2ccc(NC(=O)/C=C/c3ccc(-c4cccc(Cl)c4Cl)o3)cc2)n1. The highest BCUT2D eigenvalue weighted by Crippen LogP contribution is 2.34. The molecule has 1 amide bonds. The number of rotatable bonds is 7. The Morgan fingerprint density at radius 1 is 0.972 bits per heavy atom. The average molecular weight is 543 g/mol. The minimum Gasteiger partial charge on any atom is -0.457 e. The van der Waals surface area contributed by atoms with Crippen molar-refractivity contribution in [2.45, 2.75) is 18.7 Å². The smallest absolute Gasteiger partial charge is 0.264 e. The number of carbonyl (C=O) groups excluding carboxylic acids is 1. The van der Waals surface area contributed by atoms with Gasteiger partial charge >= 0.3 is 0 Å². The van der Waals surface area contributed by atoms with Crippen molar-refractivity contribution >= 4 is 56.8 Å². The zero-order valence-electron chi connectivity index (χ0n) is 19.1. The number of sulfonamides is 1. The summed E-state index contributed by atoms with van der Waals surface area (Å²) in [5.74, 6) is 0.524. The van der Waals surface area contributed by atoms with Crippen LogP contribution in [0.25, 0.3) is 17.4 Å². The second-order valence-electron chi connectivity index (χ2n) is 7.73. The molecule has 4 rings (SSSR count). The van der Waals surface area contributed by atoms with E-state index in [9.17, 15) is 13.2 Å². The number of aromatic nitrogens is 2. The maximum absolute atomic E-state index is 12.6. The van der Waals surface area contributed by atoms with Crippen molar-refractivity contribution < 1.29 is 17.6 Å². The van der Waals surface area contributed by atoms with E-state index in [2.05, 4.69) is 20.0 Å². The Kier molecular flexibility index (Phi) is 7.44. The summed E-state index contributed by atoms with van der Waals surface area (Å²) in [6.07, 6.45) is 2.80. The molecule has 36 heavy (non-hydrogen) atoms. The second kappa shape index (κ2) is 10.5. The summed E-state index contributed by atoms with van der Waals surface area (Å²) < 4.78 is 33.4. The third-order valence-electron chi connectivity index (χ3n) is 4.88. The topological polar surface area (TPSA) is 114 Å². The van der Waals surface area contributed by atoms with Gasteiger partial charge in [-0.3, -0.25) is 4.79 Å². The van der Waals surface area contributed by atoms with Crippen LogP contribution in [0.2, 0.25) is 10.0 Å². The average Bonchev–Trinajstić information content (AvgIpc) is 3.28. The molecule has 2 N–H and O–H groups in total. The van der Waals surface area contributed by atoms with Crippen LogP contribution in [0.1, 0.15) is 17.1 Å². The third kappa shape index (κ3) is 6.12. The van der Waals surface area contributed by atoms with Gasteiger partial charge in [0.05, 0.1) is 14.9 Å². The number of nitrogens with zero attached hydrogens (tertiary/aromatic N) is 2. The van der Waals surface area contributed by atoms with Crippen molar-refractivity contribution in [1.82, 2.24) is 9.97 Å². The molecule has 184 valence electrons. The van der Waals surface area contributed by atoms with Gasteiger partial charge in [-0.15, -0.1) is 0 Å². The van der Waals surface area contributed by atoms with Crippen molar-refractivity contribution in [1.29, 1.82) is 0 Å². The Hall–Kier alpha value is -3.66. The quantitative estimate of drug-likeness (QED) is 0.272. The van der Waals surface area contributed by atoms with Crippen LogP contribution in [-0.2, 0) is 14.8 Å². The first-order valence-electron chi connectivity index (χ1n) is 10.6. The number of furan rings is 1. The molecule has 0 aliphatic heterocycles. The molecule has 0 bridgehead atoms. The summed E-state index contributed by atoms with van der Waals surface area (Å²) in [4.78, 5) is 20.5. The van der Waals surface area contributed by atoms with Gasteiger partial charge < -0.3 is 9.73 Å². The highest BCUT2D eigenvalue weighted by atomic mass is 35.5. The lowest BCUT2D eigenvalue weighted by Gasteiger charge is -2.09. The predicted octanol–water partition coefficient (Wildman–Crippen LogP) is 6.11. The van der Waals surface area contributed by atoms with Crippen LogP contribution < -0.4 is 10.0 Å². The fourth-order valence-corrected chi connectivity index (χ4v) is 4.63. The van der Waals surface area contributed by atoms with Gasteiger partial charge in [0, 0.05) is 28.7 Å². The number of benzene rings is 2. The lowest BCUT2D eigenvalue weighted by molar-refractivity contribution is -0.111. The maximum atomic E-state index is 12.6. The van der Waals surface area contributed by atoms with Crippen molar-refractivity contribution in [3.05, 3.63) is 93.9 Å². The summed E-state index contributed by atoms with van der Waals surface area (Å²) >= 11 is 12.3. The Balaban J connectivity index is 1.40. The molecule has 2 aromatic carbocycles. The summed E-state index contributed by atoms with van der Waals surface area (Å²) in [5, 5.41) is 3.46. The molecule has 2 aromatic heterocycles. The Morgan fingerprint density at radius 3 is 2.36 bits per heavy atom. The summed E-state index contributed by atoms with van der Waals surface area (Å²) in [5.41, 5.74) is 2.34. The molecule has 0 radical (unpaired) electrons. The Morgan fingerprint density at radius 2 is 1.67 bits per heavy atom. The van der Waals surface area contributed by atoms with Gasteiger partial charge in [0.15, 0.2) is 0 Å². The lowest BCUT2D eigenvalue weighted by atomic mass is 10.2. The van der Waals surface area contributed by atoms with Crippen LogP contribution in [0, 0.1) is 13.8 Å². The van der Waals surface area contributed by atoms with Gasteiger partial charge in [-0.05, 0) is 74.5 Å². The first kappa shape index (κ1) is 25.4. The van der Waals surface area contributed by atoms with Gasteiger partial charge in [-0.25, -0.2) is 23.1 Å². The van der Waals surface area contributed by atoms with Crippen molar-refractivity contribution in [2.24, 2.45) is 0 Å². The molecule has 0 atom stereocenters. The molecule has 0 fully saturated rings. The first-order chi connectivity index (χ1) is 17.1. The molecule has 4 aromatic rings. The minimum atomic E-state index is -3.90. The standard InChI is InChI=1S/C25H20Cl2N4O4S/c1-15-14-16(2)29-25(28-15)31-36(33,34)19-10-6-17(7-11-19)30-23(32)13-9-18-8-12-22(35-18)20-4-3-5-21(26)24(20)27/h3-14H,1-2H3,(H,30,32)(H,28,29,31)/b13-9+. The van der Waals surface area contributed by atoms with E-state index in [1.54, 1.807) is 50.2 Å². The molecule has 0 aliphatic carbocycles. The lowest BCUT2D eigenvalue weighted by Crippen LogP contribution is -2.16. The van der Waals surface area contributed by atoms with E-state index >= 15 is 0 Å². The molecule has 11 heteroatoms. The normalized spacial score (nSPS) is 11.6. The zero-order chi connectivity index (χ0) is 25.9. The van der Waals surface area contributed by atoms with Crippen LogP contribution in [0.15, 0.2) is 76.1 Å². The van der Waals surface area contributed by atoms with E-state index < -0.39 is 15.9 Å². The van der Waals surface area contributed by atoms with Gasteiger partial charge in [0.2, 0.25) is 11.9 Å². The van der Waals surface area contributed by atoms with Crippen LogP contribution in [-0.4, -0.2) is 24.3 Å². The van der Waals surface area contributed by atoms with E-state index in [1.807, 2.05) is 0 Å². The zero-order valence-corrected chi connectivity index (χ0v) is 21.4. The fourth-order valence-electron chi connectivity index (χ4n) is 3.29. The van der Waals surface area contributed by atoms with Gasteiger partial charge in [0.25, 0.3) is 10.0 Å². The van der Waals surface area contributed by atoms with Gasteiger partial charge in [-0.2, -0.15) is 0 Å². The highest BCUT2D eigenvalue weighted by molar-refractivity contribution is 7.92. The molecule has 2 heterocycles. The van der Waals surface area contributed by atoms with Crippen molar-refractivity contribution in [2.75, 3.05) is 10.0 Å². The molecular weight excluding hydrogens is 523 g/mol. The largest absolute Gasteiger partial charge is 0.457 e. The summed E-state index contributed by atoms with van der Waals surface area (Å²) in [6.45, 7) is 3.50. The monoisotopic (exact) mass is 542 g/mol. The van der Waals surface area contributed by atoms with E-state index in [0.717, 1.165) is 0 Å². The van der Waals surface area contributed by atoms with Crippen LogP contribution in [0.5, 0.6) is 0 Å². The second-order valence-corrected chi connectivity index (χ2v) is 10.2. The van der Waals surface area contributed by atoms with E-state index in [1.165, 1.54) is 36.4 Å². The third-order valence-corrected chi connectivity index (χ3v) is 7.05. The summed E-state index contributed by atoms with van der Waals surface area (Å²) in [7, 11) is -3.90. The Bertz CT molecular complexity index is 1550. The molecule has 0 saturated heterocycles. The van der Waals surface area contributed by atoms with E-state index in [-0.39, 0.29) is 10.8 Å². The summed E-state index contributed by atoms with van der Waals surface area (Å²) in [6, 6.07) is 16.1. The molecule has 0 spiro atoms. The number of nitrogens with one attached hydrogen (secondary N) is 2. The number of halogens is 2. The van der Waals surface area contributed by atoms with Crippen molar-refractivity contribution in [3.8, 4) is 11.3 Å². The molecule has 0 aliphatic rings. The number of hydrogen-bond donors (Lipinski definition) is 2. The van der Waals surface area contributed by atoms with Crippen LogP contribution in [0.4, 0.5) is 11.6 Å². The van der Waals surface area contributed by atoms with Gasteiger partial charge in [0.1, 0.15) is 11.5 Å². The molecule has 8 nitrogen and oxygen atoms in total. The number of amides is 1. The number of aryl methyl sites for hydroxylation is 2. The predicted molar refractivity (Wildman–Crippen MR) is 141 cm³/mol. The number of anilines is 2. The number of carbonyl (C=O) groups is 1.